The minimum atomic E-state index is -0.167. The molecule has 1 saturated carbocycles. The molecule has 0 spiro atoms. The number of urea groups is 2. The Morgan fingerprint density at radius 1 is 0.765 bits per heavy atom. The summed E-state index contributed by atoms with van der Waals surface area (Å²) in [7, 11) is 3.25. The molecule has 8 nitrogen and oxygen atoms in total. The minimum Gasteiger partial charge on any atom is -0.497 e. The van der Waals surface area contributed by atoms with Crippen molar-refractivity contribution >= 4 is 12.1 Å². The second-order valence-corrected chi connectivity index (χ2v) is 8.73. The fourth-order valence-corrected chi connectivity index (χ4v) is 4.30. The van der Waals surface area contributed by atoms with Crippen LogP contribution >= 0.6 is 0 Å². The fourth-order valence-electron chi connectivity index (χ4n) is 4.30. The highest BCUT2D eigenvalue weighted by atomic mass is 16.5. The number of ether oxygens (including phenoxy) is 2. The van der Waals surface area contributed by atoms with Gasteiger partial charge >= 0.3 is 12.1 Å². The van der Waals surface area contributed by atoms with Gasteiger partial charge in [0.2, 0.25) is 0 Å². The van der Waals surface area contributed by atoms with Crippen LogP contribution in [0, 0.1) is 11.8 Å². The van der Waals surface area contributed by atoms with Gasteiger partial charge in [0.1, 0.15) is 11.5 Å². The molecular formula is C26H36N4O4. The van der Waals surface area contributed by atoms with Crippen molar-refractivity contribution in [1.29, 1.82) is 0 Å². The Bertz CT molecular complexity index is 863. The molecule has 0 bridgehead atoms. The Labute approximate surface area is 201 Å². The molecule has 2 aromatic rings. The summed E-state index contributed by atoms with van der Waals surface area (Å²) >= 11 is 0. The van der Waals surface area contributed by atoms with E-state index in [1.165, 1.54) is 0 Å². The number of methoxy groups -OCH3 is 2. The summed E-state index contributed by atoms with van der Waals surface area (Å²) in [5.74, 6) is 2.39. The van der Waals surface area contributed by atoms with Crippen LogP contribution in [0.1, 0.15) is 36.8 Å². The van der Waals surface area contributed by atoms with Crippen molar-refractivity contribution in [2.45, 2.75) is 38.8 Å². The molecule has 2 aromatic carbocycles. The number of amides is 4. The van der Waals surface area contributed by atoms with Gasteiger partial charge in [0, 0.05) is 26.2 Å². The van der Waals surface area contributed by atoms with Gasteiger partial charge in [-0.2, -0.15) is 0 Å². The molecule has 0 saturated heterocycles. The zero-order valence-corrected chi connectivity index (χ0v) is 20.1. The van der Waals surface area contributed by atoms with Crippen molar-refractivity contribution in [3.05, 3.63) is 59.7 Å². The van der Waals surface area contributed by atoms with Crippen LogP contribution < -0.4 is 30.7 Å². The monoisotopic (exact) mass is 468 g/mol. The average molecular weight is 469 g/mol. The van der Waals surface area contributed by atoms with E-state index in [1.54, 1.807) is 14.2 Å². The Hall–Kier alpha value is -3.42. The van der Waals surface area contributed by atoms with Crippen LogP contribution in [0.4, 0.5) is 9.59 Å². The number of nitrogens with one attached hydrogen (secondary N) is 4. The molecule has 34 heavy (non-hydrogen) atoms. The second-order valence-electron chi connectivity index (χ2n) is 8.73. The largest absolute Gasteiger partial charge is 0.497 e. The number of benzene rings is 2. The van der Waals surface area contributed by atoms with E-state index in [0.29, 0.717) is 38.0 Å². The van der Waals surface area contributed by atoms with Crippen LogP contribution in [0.15, 0.2) is 48.5 Å². The van der Waals surface area contributed by atoms with E-state index in [2.05, 4.69) is 21.3 Å². The van der Waals surface area contributed by atoms with Crippen LogP contribution in [-0.2, 0) is 13.1 Å². The molecular weight excluding hydrogens is 432 g/mol. The predicted molar refractivity (Wildman–Crippen MR) is 132 cm³/mol. The Kier molecular flexibility index (Phi) is 9.88. The van der Waals surface area contributed by atoms with E-state index >= 15 is 0 Å². The van der Waals surface area contributed by atoms with Gasteiger partial charge in [-0.1, -0.05) is 30.7 Å². The van der Waals surface area contributed by atoms with E-state index in [4.69, 9.17) is 9.47 Å². The summed E-state index contributed by atoms with van der Waals surface area (Å²) in [6.45, 7) is 2.18. The van der Waals surface area contributed by atoms with Gasteiger partial charge in [0.15, 0.2) is 0 Å². The van der Waals surface area contributed by atoms with Crippen molar-refractivity contribution in [1.82, 2.24) is 21.3 Å². The number of carbonyl (C=O) groups is 2. The van der Waals surface area contributed by atoms with Gasteiger partial charge in [0.05, 0.1) is 14.2 Å². The molecule has 184 valence electrons. The first kappa shape index (κ1) is 25.2. The number of rotatable bonds is 10. The highest BCUT2D eigenvalue weighted by Gasteiger charge is 2.22. The van der Waals surface area contributed by atoms with Gasteiger partial charge in [-0.15, -0.1) is 0 Å². The smallest absolute Gasteiger partial charge is 0.315 e. The molecule has 1 aliphatic rings. The van der Waals surface area contributed by atoms with Crippen molar-refractivity contribution in [2.75, 3.05) is 27.3 Å². The molecule has 2 atom stereocenters. The third-order valence-corrected chi connectivity index (χ3v) is 6.17. The average Bonchev–Trinajstić information content (AvgIpc) is 2.88. The SMILES string of the molecule is COc1cccc(CNC(=O)NC[C@H]2CCC[C@H](CNC(=O)NCc3cccc(OC)c3)C2)c1. The molecule has 0 unspecified atom stereocenters. The fraction of sp³-hybridized carbons (Fsp3) is 0.462. The molecule has 0 aromatic heterocycles. The van der Waals surface area contributed by atoms with E-state index in [9.17, 15) is 9.59 Å². The molecule has 4 N–H and O–H groups in total. The summed E-state index contributed by atoms with van der Waals surface area (Å²) < 4.78 is 10.4. The third-order valence-electron chi connectivity index (χ3n) is 6.17. The number of carbonyl (C=O) groups excluding carboxylic acids is 2. The lowest BCUT2D eigenvalue weighted by Crippen LogP contribution is -2.41. The predicted octanol–water partition coefficient (Wildman–Crippen LogP) is 3.81. The normalized spacial score (nSPS) is 17.4. The molecule has 1 fully saturated rings. The molecule has 4 amide bonds. The lowest BCUT2D eigenvalue weighted by atomic mass is 9.81. The maximum absolute atomic E-state index is 12.2. The lowest BCUT2D eigenvalue weighted by molar-refractivity contribution is 0.221. The molecule has 0 heterocycles. The quantitative estimate of drug-likeness (QED) is 0.426. The first-order valence-electron chi connectivity index (χ1n) is 11.8. The summed E-state index contributed by atoms with van der Waals surface area (Å²) in [6, 6.07) is 15.0. The van der Waals surface area contributed by atoms with Crippen LogP contribution in [0.2, 0.25) is 0 Å². The van der Waals surface area contributed by atoms with Crippen LogP contribution in [0.25, 0.3) is 0 Å². The molecule has 0 radical (unpaired) electrons. The Morgan fingerprint density at radius 3 is 1.68 bits per heavy atom. The van der Waals surface area contributed by atoms with Crippen molar-refractivity contribution in [3.8, 4) is 11.5 Å². The summed E-state index contributed by atoms with van der Waals surface area (Å²) in [4.78, 5) is 24.4. The standard InChI is InChI=1S/C26H36N4O4/c1-33-23-10-4-8-21(13-23)17-29-25(31)27-15-19-6-3-7-20(12-19)16-28-26(32)30-18-22-9-5-11-24(14-22)34-2/h4-5,8-11,13-14,19-20H,3,6-7,12,15-18H2,1-2H3,(H2,27,29,31)(H2,28,30,32)/t19-,20-/m0/s1. The Morgan fingerprint density at radius 2 is 1.24 bits per heavy atom. The molecule has 3 rings (SSSR count). The zero-order chi connectivity index (χ0) is 24.2. The van der Waals surface area contributed by atoms with Crippen LogP contribution in [-0.4, -0.2) is 39.4 Å². The number of hydrogen-bond acceptors (Lipinski definition) is 4. The Balaban J connectivity index is 1.31. The minimum absolute atomic E-state index is 0.167. The van der Waals surface area contributed by atoms with E-state index in [0.717, 1.165) is 48.3 Å². The molecule has 0 aliphatic heterocycles. The van der Waals surface area contributed by atoms with Crippen molar-refractivity contribution < 1.29 is 19.1 Å². The van der Waals surface area contributed by atoms with Crippen LogP contribution in [0.3, 0.4) is 0 Å². The number of hydrogen-bond donors (Lipinski definition) is 4. The zero-order valence-electron chi connectivity index (χ0n) is 20.1. The summed E-state index contributed by atoms with van der Waals surface area (Å²) in [5.41, 5.74) is 1.98. The maximum Gasteiger partial charge on any atom is 0.315 e. The summed E-state index contributed by atoms with van der Waals surface area (Å²) in [6.07, 6.45) is 4.28. The van der Waals surface area contributed by atoms with Crippen LogP contribution in [0.5, 0.6) is 11.5 Å². The highest BCUT2D eigenvalue weighted by molar-refractivity contribution is 5.74. The molecule has 1 aliphatic carbocycles. The van der Waals surface area contributed by atoms with E-state index in [-0.39, 0.29) is 12.1 Å². The van der Waals surface area contributed by atoms with Gasteiger partial charge in [-0.05, 0) is 66.5 Å². The van der Waals surface area contributed by atoms with Crippen molar-refractivity contribution in [2.24, 2.45) is 11.8 Å². The van der Waals surface area contributed by atoms with Crippen molar-refractivity contribution in [3.63, 3.8) is 0 Å². The van der Waals surface area contributed by atoms with Gasteiger partial charge in [-0.3, -0.25) is 0 Å². The highest BCUT2D eigenvalue weighted by Crippen LogP contribution is 2.28. The van der Waals surface area contributed by atoms with E-state index < -0.39 is 0 Å². The third kappa shape index (κ3) is 8.50. The second kappa shape index (κ2) is 13.3. The molecule has 8 heteroatoms. The summed E-state index contributed by atoms with van der Waals surface area (Å²) in [5, 5.41) is 11.8. The first-order chi connectivity index (χ1) is 16.6. The first-order valence-corrected chi connectivity index (χ1v) is 11.8. The van der Waals surface area contributed by atoms with Gasteiger partial charge < -0.3 is 30.7 Å². The topological polar surface area (TPSA) is 101 Å². The maximum atomic E-state index is 12.2. The van der Waals surface area contributed by atoms with Gasteiger partial charge in [-0.25, -0.2) is 9.59 Å². The van der Waals surface area contributed by atoms with E-state index in [1.807, 2.05) is 48.5 Å². The van der Waals surface area contributed by atoms with Gasteiger partial charge in [0.25, 0.3) is 0 Å². The lowest BCUT2D eigenvalue weighted by Gasteiger charge is -2.29.